The highest BCUT2D eigenvalue weighted by atomic mass is 35.5. The lowest BCUT2D eigenvalue weighted by molar-refractivity contribution is -0.139. The highest BCUT2D eigenvalue weighted by Crippen LogP contribution is 2.58. The molecule has 1 saturated heterocycles. The number of phenolic OH excluding ortho intramolecular Hbond substituents is 1. The number of benzene rings is 2. The summed E-state index contributed by atoms with van der Waals surface area (Å²) in [4.78, 5) is 32.2. The number of aryl methyl sites for hydroxylation is 1. The molecule has 0 saturated carbocycles. The summed E-state index contributed by atoms with van der Waals surface area (Å²) in [6.45, 7) is 5.66. The smallest absolute Gasteiger partial charge is 0.417 e. The summed E-state index contributed by atoms with van der Waals surface area (Å²) < 4.78 is 39.4. The summed E-state index contributed by atoms with van der Waals surface area (Å²) in [5.74, 6) is -3.06. The van der Waals surface area contributed by atoms with Crippen molar-refractivity contribution in [2.45, 2.75) is 30.9 Å². The number of rotatable bonds is 5. The number of aromatic nitrogens is 1. The molecule has 11 heteroatoms. The number of halogens is 5. The molecule has 6 nitrogen and oxygen atoms in total. The Morgan fingerprint density at radius 3 is 2.45 bits per heavy atom. The Morgan fingerprint density at radius 1 is 1.15 bits per heavy atom. The van der Waals surface area contributed by atoms with Crippen LogP contribution in [0.1, 0.15) is 34.6 Å². The van der Waals surface area contributed by atoms with Crippen molar-refractivity contribution in [1.82, 2.24) is 9.99 Å². The van der Waals surface area contributed by atoms with E-state index >= 15 is 0 Å². The Kier molecular flexibility index (Phi) is 6.92. The van der Waals surface area contributed by atoms with Crippen LogP contribution in [0.4, 0.5) is 19.0 Å². The molecule has 1 fully saturated rings. The van der Waals surface area contributed by atoms with E-state index in [1.807, 2.05) is 6.08 Å². The second kappa shape index (κ2) is 9.98. The largest absolute Gasteiger partial charge is 0.508 e. The molecule has 2 amide bonds. The van der Waals surface area contributed by atoms with Crippen LogP contribution in [-0.2, 0) is 21.2 Å². The highest BCUT2D eigenvalue weighted by Gasteiger charge is 2.66. The van der Waals surface area contributed by atoms with Gasteiger partial charge in [-0.15, -0.1) is 0 Å². The molecule has 206 valence electrons. The predicted molar refractivity (Wildman–Crippen MR) is 145 cm³/mol. The molecule has 3 atom stereocenters. The number of aromatic hydroxyl groups is 1. The first kappa shape index (κ1) is 27.7. The molecular formula is C29H22Cl2F3N3O3. The van der Waals surface area contributed by atoms with Gasteiger partial charge < -0.3 is 5.11 Å². The minimum absolute atomic E-state index is 0.0703. The van der Waals surface area contributed by atoms with Crippen molar-refractivity contribution in [2.75, 3.05) is 5.43 Å². The number of allylic oxidation sites excluding steroid dienone is 3. The van der Waals surface area contributed by atoms with E-state index in [0.29, 0.717) is 39.5 Å². The van der Waals surface area contributed by atoms with Gasteiger partial charge in [0.1, 0.15) is 5.75 Å². The lowest BCUT2D eigenvalue weighted by Gasteiger charge is -2.43. The number of hydrogen-bond donors (Lipinski definition) is 2. The Balaban J connectivity index is 1.69. The number of pyridine rings is 1. The molecule has 2 heterocycles. The average molecular weight is 588 g/mol. The third-order valence-electron chi connectivity index (χ3n) is 7.50. The van der Waals surface area contributed by atoms with Crippen molar-refractivity contribution in [3.05, 3.63) is 111 Å². The summed E-state index contributed by atoms with van der Waals surface area (Å²) >= 11 is 12.3. The Hall–Kier alpha value is -3.82. The van der Waals surface area contributed by atoms with E-state index in [2.05, 4.69) is 17.0 Å². The van der Waals surface area contributed by atoms with Gasteiger partial charge in [-0.3, -0.25) is 15.0 Å². The van der Waals surface area contributed by atoms with Gasteiger partial charge in [-0.05, 0) is 59.9 Å². The van der Waals surface area contributed by atoms with Gasteiger partial charge in [0.2, 0.25) is 0 Å². The molecule has 2 N–H and O–H groups in total. The number of imide groups is 1. The zero-order chi connectivity index (χ0) is 29.0. The lowest BCUT2D eigenvalue weighted by atomic mass is 9.56. The molecule has 1 aromatic heterocycles. The number of carbonyl (C=O) groups excluding carboxylic acids is 2. The molecule has 0 spiro atoms. The van der Waals surface area contributed by atoms with Crippen LogP contribution in [0.5, 0.6) is 5.75 Å². The molecule has 5 rings (SSSR count). The van der Waals surface area contributed by atoms with Crippen molar-refractivity contribution >= 4 is 40.8 Å². The quantitative estimate of drug-likeness (QED) is 0.315. The number of amides is 2. The van der Waals surface area contributed by atoms with Crippen LogP contribution in [0, 0.1) is 12.8 Å². The van der Waals surface area contributed by atoms with Crippen LogP contribution in [0.15, 0.2) is 79.0 Å². The Labute approximate surface area is 237 Å². The minimum Gasteiger partial charge on any atom is -0.508 e. The second-order valence-corrected chi connectivity index (χ2v) is 10.5. The number of nitrogens with one attached hydrogen (secondary N) is 1. The molecule has 0 radical (unpaired) electrons. The summed E-state index contributed by atoms with van der Waals surface area (Å²) in [6, 6.07) is 12.2. The van der Waals surface area contributed by atoms with Crippen LogP contribution in [0.2, 0.25) is 10.0 Å². The summed E-state index contributed by atoms with van der Waals surface area (Å²) in [5, 5.41) is 11.0. The first-order valence-electron chi connectivity index (χ1n) is 12.2. The van der Waals surface area contributed by atoms with Crippen LogP contribution in [0.3, 0.4) is 0 Å². The van der Waals surface area contributed by atoms with Crippen molar-refractivity contribution in [2.24, 2.45) is 5.92 Å². The zero-order valence-electron chi connectivity index (χ0n) is 21.0. The van der Waals surface area contributed by atoms with Crippen molar-refractivity contribution in [1.29, 1.82) is 0 Å². The standard InChI is InChI=1S/C29H22Cl2F3N3O3/c1-3-16-4-10-21-26(39)37(36-25-22(31)13-19(14-35-25)29(32,33)34)27(40)28(21,18-6-8-20(30)9-7-18)24(16)17-5-11-23(38)15(2)12-17/h3-9,11-14,21,24,38H,1,10H2,2H3,(H,35,36)/t21-,24+,28+/m0/s1. The maximum absolute atomic E-state index is 14.5. The molecule has 2 aliphatic rings. The number of alkyl halides is 3. The molecule has 40 heavy (non-hydrogen) atoms. The van der Waals surface area contributed by atoms with E-state index in [1.165, 1.54) is 6.07 Å². The number of hydrazine groups is 1. The van der Waals surface area contributed by atoms with Gasteiger partial charge in [0.05, 0.1) is 21.9 Å². The number of hydrogen-bond acceptors (Lipinski definition) is 5. The third-order valence-corrected chi connectivity index (χ3v) is 8.04. The van der Waals surface area contributed by atoms with Crippen LogP contribution >= 0.6 is 23.2 Å². The van der Waals surface area contributed by atoms with Crippen molar-refractivity contribution < 1.29 is 27.9 Å². The van der Waals surface area contributed by atoms with E-state index in [1.54, 1.807) is 49.4 Å². The summed E-state index contributed by atoms with van der Waals surface area (Å²) in [7, 11) is 0. The van der Waals surface area contributed by atoms with Gasteiger partial charge in [0, 0.05) is 17.1 Å². The molecule has 2 aromatic carbocycles. The van der Waals surface area contributed by atoms with E-state index in [4.69, 9.17) is 23.2 Å². The number of phenols is 1. The van der Waals surface area contributed by atoms with Gasteiger partial charge in [-0.25, -0.2) is 4.98 Å². The fraction of sp³-hybridized carbons (Fsp3) is 0.207. The first-order valence-corrected chi connectivity index (χ1v) is 12.9. The topological polar surface area (TPSA) is 82.5 Å². The number of nitrogens with zero attached hydrogens (tertiary/aromatic N) is 2. The van der Waals surface area contributed by atoms with Gasteiger partial charge in [-0.1, -0.05) is 66.2 Å². The molecule has 0 bridgehead atoms. The van der Waals surface area contributed by atoms with E-state index in [0.717, 1.165) is 5.01 Å². The highest BCUT2D eigenvalue weighted by molar-refractivity contribution is 6.33. The van der Waals surface area contributed by atoms with Gasteiger partial charge in [-0.2, -0.15) is 18.2 Å². The SMILES string of the molecule is C=CC1=CC[C@H]2C(=O)N(Nc3ncc(C(F)(F)F)cc3Cl)C(=O)[C@@]2(c2ccc(Cl)cc2)[C@H]1c1ccc(O)c(C)c1. The number of fused-ring (bicyclic) bond motifs is 1. The monoisotopic (exact) mass is 587 g/mol. The van der Waals surface area contributed by atoms with Gasteiger partial charge in [0.25, 0.3) is 11.8 Å². The fourth-order valence-electron chi connectivity index (χ4n) is 5.65. The van der Waals surface area contributed by atoms with Gasteiger partial charge >= 0.3 is 6.18 Å². The van der Waals surface area contributed by atoms with E-state index < -0.39 is 45.8 Å². The van der Waals surface area contributed by atoms with Crippen LogP contribution in [0.25, 0.3) is 0 Å². The van der Waals surface area contributed by atoms with E-state index in [-0.39, 0.29) is 18.0 Å². The summed E-state index contributed by atoms with van der Waals surface area (Å²) in [5.41, 5.74) is 2.46. The van der Waals surface area contributed by atoms with Crippen LogP contribution < -0.4 is 5.43 Å². The first-order chi connectivity index (χ1) is 18.9. The molecule has 0 unspecified atom stereocenters. The van der Waals surface area contributed by atoms with Crippen molar-refractivity contribution in [3.8, 4) is 5.75 Å². The predicted octanol–water partition coefficient (Wildman–Crippen LogP) is 6.97. The van der Waals surface area contributed by atoms with E-state index in [9.17, 15) is 27.9 Å². The normalized spacial score (nSPS) is 22.6. The molecule has 3 aromatic rings. The molecule has 1 aliphatic carbocycles. The maximum Gasteiger partial charge on any atom is 0.417 e. The lowest BCUT2D eigenvalue weighted by Crippen LogP contribution is -2.48. The van der Waals surface area contributed by atoms with Crippen molar-refractivity contribution in [3.63, 3.8) is 0 Å². The average Bonchev–Trinajstić information content (AvgIpc) is 3.12. The maximum atomic E-state index is 14.5. The van der Waals surface area contributed by atoms with Crippen LogP contribution in [-0.4, -0.2) is 26.9 Å². The number of anilines is 1. The Bertz CT molecular complexity index is 1570. The Morgan fingerprint density at radius 2 is 1.85 bits per heavy atom. The fourth-order valence-corrected chi connectivity index (χ4v) is 5.98. The molecule has 1 aliphatic heterocycles. The van der Waals surface area contributed by atoms with Gasteiger partial charge in [0.15, 0.2) is 5.82 Å². The minimum atomic E-state index is -4.68. The zero-order valence-corrected chi connectivity index (χ0v) is 22.5. The molecular weight excluding hydrogens is 566 g/mol. The second-order valence-electron chi connectivity index (χ2n) is 9.69. The third kappa shape index (κ3) is 4.33. The number of carbonyl (C=O) groups is 2. The summed E-state index contributed by atoms with van der Waals surface area (Å²) in [6.07, 6.45) is -0.445.